The first-order valence-electron chi connectivity index (χ1n) is 7.27. The van der Waals surface area contributed by atoms with E-state index >= 15 is 0 Å². The number of nitrogens with one attached hydrogen (secondary N) is 1. The van der Waals surface area contributed by atoms with Gasteiger partial charge >= 0.3 is 0 Å². The van der Waals surface area contributed by atoms with Crippen LogP contribution in [0.4, 0.5) is 0 Å². The van der Waals surface area contributed by atoms with Gasteiger partial charge in [-0.3, -0.25) is 0 Å². The van der Waals surface area contributed by atoms with Gasteiger partial charge in [0.2, 0.25) is 20.0 Å². The van der Waals surface area contributed by atoms with E-state index in [0.717, 1.165) is 18.4 Å². The molecule has 1 fully saturated rings. The van der Waals surface area contributed by atoms with Gasteiger partial charge in [-0.2, -0.15) is 0 Å². The van der Waals surface area contributed by atoms with Gasteiger partial charge in [0.15, 0.2) is 0 Å². The van der Waals surface area contributed by atoms with Crippen molar-refractivity contribution in [3.8, 4) is 0 Å². The lowest BCUT2D eigenvalue weighted by Crippen LogP contribution is -2.36. The van der Waals surface area contributed by atoms with Crippen molar-refractivity contribution < 1.29 is 16.8 Å². The van der Waals surface area contributed by atoms with Crippen LogP contribution in [0.3, 0.4) is 0 Å². The topological polar surface area (TPSA) is 83.5 Å². The smallest absolute Gasteiger partial charge is 0.212 e. The predicted octanol–water partition coefficient (Wildman–Crippen LogP) is 1.01. The fourth-order valence-electron chi connectivity index (χ4n) is 2.47. The maximum Gasteiger partial charge on any atom is 0.240 e. The van der Waals surface area contributed by atoms with Crippen molar-refractivity contribution in [3.05, 3.63) is 29.3 Å². The Bertz CT molecular complexity index is 736. The molecule has 1 aliphatic rings. The minimum Gasteiger partial charge on any atom is -0.212 e. The first kappa shape index (κ1) is 17.4. The Kier molecular flexibility index (Phi) is 5.26. The van der Waals surface area contributed by atoms with Gasteiger partial charge in [-0.25, -0.2) is 25.9 Å². The molecule has 0 aromatic heterocycles. The van der Waals surface area contributed by atoms with Crippen LogP contribution in [0.15, 0.2) is 23.1 Å². The average Bonchev–Trinajstić information content (AvgIpc) is 2.95. The van der Waals surface area contributed by atoms with Crippen LogP contribution in [-0.2, 0) is 20.0 Å². The third-order valence-corrected chi connectivity index (χ3v) is 7.22. The monoisotopic (exact) mass is 346 g/mol. The second-order valence-corrected chi connectivity index (χ2v) is 9.41. The minimum absolute atomic E-state index is 0.117. The fourth-order valence-corrected chi connectivity index (χ4v) is 5.40. The summed E-state index contributed by atoms with van der Waals surface area (Å²) in [4.78, 5) is 0.200. The molecule has 0 spiro atoms. The first-order chi connectivity index (χ1) is 10.2. The Hall–Kier alpha value is -0.960. The molecule has 1 aliphatic heterocycles. The first-order valence-corrected chi connectivity index (χ1v) is 10.4. The molecule has 1 saturated heterocycles. The Labute approximate surface area is 132 Å². The summed E-state index contributed by atoms with van der Waals surface area (Å²) in [5.74, 6) is -0.211. The zero-order chi connectivity index (χ0) is 16.4. The van der Waals surface area contributed by atoms with Crippen LogP contribution >= 0.6 is 0 Å². The number of hydrogen-bond acceptors (Lipinski definition) is 4. The van der Waals surface area contributed by atoms with Crippen LogP contribution < -0.4 is 4.72 Å². The number of benzene rings is 1. The zero-order valence-electron chi connectivity index (χ0n) is 12.9. The summed E-state index contributed by atoms with van der Waals surface area (Å²) in [6, 6.07) is 5.17. The average molecular weight is 346 g/mol. The summed E-state index contributed by atoms with van der Waals surface area (Å²) in [6.07, 6.45) is 1.74. The van der Waals surface area contributed by atoms with Crippen LogP contribution in [-0.4, -0.2) is 46.5 Å². The third kappa shape index (κ3) is 4.07. The maximum atomic E-state index is 12.3. The van der Waals surface area contributed by atoms with Crippen molar-refractivity contribution in [2.24, 2.45) is 0 Å². The number of hydrogen-bond donors (Lipinski definition) is 1. The van der Waals surface area contributed by atoms with Crippen LogP contribution in [0.2, 0.25) is 0 Å². The molecule has 8 heteroatoms. The lowest BCUT2D eigenvalue weighted by atomic mass is 10.2. The summed E-state index contributed by atoms with van der Waals surface area (Å²) in [5.41, 5.74) is 1.48. The van der Waals surface area contributed by atoms with Gasteiger partial charge in [0.1, 0.15) is 0 Å². The van der Waals surface area contributed by atoms with Gasteiger partial charge in [-0.05, 0) is 43.9 Å². The Balaban J connectivity index is 2.02. The van der Waals surface area contributed by atoms with Gasteiger partial charge < -0.3 is 0 Å². The second-order valence-electron chi connectivity index (χ2n) is 5.59. The molecule has 0 aliphatic carbocycles. The lowest BCUT2D eigenvalue weighted by Gasteiger charge is -2.16. The van der Waals surface area contributed by atoms with Crippen LogP contribution in [0, 0.1) is 13.8 Å². The van der Waals surface area contributed by atoms with E-state index in [9.17, 15) is 16.8 Å². The Morgan fingerprint density at radius 2 is 1.73 bits per heavy atom. The standard InChI is InChI=1S/C14H22N2O4S2/c1-12-5-6-13(2)14(11-12)22(19,20)15-7-10-21(17,18)16-8-3-4-9-16/h5-6,11,15H,3-4,7-10H2,1-2H3. The molecule has 0 atom stereocenters. The molecule has 1 aromatic carbocycles. The van der Waals surface area contributed by atoms with Gasteiger partial charge in [0.25, 0.3) is 0 Å². The molecule has 1 heterocycles. The molecule has 22 heavy (non-hydrogen) atoms. The van der Waals surface area contributed by atoms with Crippen molar-refractivity contribution in [1.82, 2.24) is 9.03 Å². The molecule has 2 rings (SSSR count). The molecular formula is C14H22N2O4S2. The van der Waals surface area contributed by atoms with E-state index in [-0.39, 0.29) is 17.2 Å². The summed E-state index contributed by atoms with van der Waals surface area (Å²) in [5, 5.41) is 0. The Morgan fingerprint density at radius 1 is 1.09 bits per heavy atom. The summed E-state index contributed by atoms with van der Waals surface area (Å²) in [6.45, 7) is 4.48. The van der Waals surface area contributed by atoms with Crippen molar-refractivity contribution in [2.45, 2.75) is 31.6 Å². The summed E-state index contributed by atoms with van der Waals surface area (Å²) in [7, 11) is -7.07. The van der Waals surface area contributed by atoms with Gasteiger partial charge in [0.05, 0.1) is 10.6 Å². The van der Waals surface area contributed by atoms with E-state index < -0.39 is 20.0 Å². The van der Waals surface area contributed by atoms with E-state index in [1.54, 1.807) is 19.1 Å². The van der Waals surface area contributed by atoms with Gasteiger partial charge in [0, 0.05) is 19.6 Å². The second kappa shape index (κ2) is 6.66. The zero-order valence-corrected chi connectivity index (χ0v) is 14.5. The molecule has 0 bridgehead atoms. The number of nitrogens with zero attached hydrogens (tertiary/aromatic N) is 1. The van der Waals surface area contributed by atoms with Crippen LogP contribution in [0.25, 0.3) is 0 Å². The van der Waals surface area contributed by atoms with E-state index in [1.165, 1.54) is 4.31 Å². The quantitative estimate of drug-likeness (QED) is 0.833. The van der Waals surface area contributed by atoms with Crippen molar-refractivity contribution >= 4 is 20.0 Å². The number of rotatable bonds is 6. The van der Waals surface area contributed by atoms with Gasteiger partial charge in [-0.15, -0.1) is 0 Å². The molecule has 124 valence electrons. The molecule has 1 N–H and O–H groups in total. The molecule has 0 radical (unpaired) electrons. The maximum absolute atomic E-state index is 12.3. The van der Waals surface area contributed by atoms with E-state index in [4.69, 9.17) is 0 Å². The third-order valence-electron chi connectivity index (χ3n) is 3.74. The molecule has 1 aromatic rings. The molecule has 0 amide bonds. The van der Waals surface area contributed by atoms with Crippen LogP contribution in [0.1, 0.15) is 24.0 Å². The van der Waals surface area contributed by atoms with E-state index in [1.807, 2.05) is 13.0 Å². The summed E-state index contributed by atoms with van der Waals surface area (Å²) < 4.78 is 52.5. The minimum atomic E-state index is -3.69. The fraction of sp³-hybridized carbons (Fsp3) is 0.571. The highest BCUT2D eigenvalue weighted by Gasteiger charge is 2.25. The molecule has 0 saturated carbocycles. The highest BCUT2D eigenvalue weighted by molar-refractivity contribution is 7.90. The van der Waals surface area contributed by atoms with Gasteiger partial charge in [-0.1, -0.05) is 12.1 Å². The SMILES string of the molecule is Cc1ccc(C)c(S(=O)(=O)NCCS(=O)(=O)N2CCCC2)c1. The predicted molar refractivity (Wildman–Crippen MR) is 85.7 cm³/mol. The normalized spacial score (nSPS) is 17.0. The Morgan fingerprint density at radius 3 is 2.36 bits per heavy atom. The van der Waals surface area contributed by atoms with E-state index in [0.29, 0.717) is 18.7 Å². The van der Waals surface area contributed by atoms with E-state index in [2.05, 4.69) is 4.72 Å². The molecular weight excluding hydrogens is 324 g/mol. The van der Waals surface area contributed by atoms with Crippen molar-refractivity contribution in [3.63, 3.8) is 0 Å². The van der Waals surface area contributed by atoms with Crippen molar-refractivity contribution in [1.29, 1.82) is 0 Å². The highest BCUT2D eigenvalue weighted by atomic mass is 32.2. The number of aryl methyl sites for hydroxylation is 2. The highest BCUT2D eigenvalue weighted by Crippen LogP contribution is 2.17. The lowest BCUT2D eigenvalue weighted by molar-refractivity contribution is 0.477. The molecule has 0 unspecified atom stereocenters. The largest absolute Gasteiger partial charge is 0.240 e. The van der Waals surface area contributed by atoms with Crippen molar-refractivity contribution in [2.75, 3.05) is 25.4 Å². The van der Waals surface area contributed by atoms with Crippen LogP contribution in [0.5, 0.6) is 0 Å². The summed E-state index contributed by atoms with van der Waals surface area (Å²) >= 11 is 0. The molecule has 6 nitrogen and oxygen atoms in total. The number of sulfonamides is 2.